The molecule has 0 aromatic heterocycles. The lowest BCUT2D eigenvalue weighted by atomic mass is 10.1. The zero-order chi connectivity index (χ0) is 32.2. The van der Waals surface area contributed by atoms with Crippen molar-refractivity contribution in [2.75, 3.05) is 30.5 Å². The first kappa shape index (κ1) is 33.4. The van der Waals surface area contributed by atoms with E-state index in [1.165, 1.54) is 6.07 Å². The van der Waals surface area contributed by atoms with Crippen LogP contribution in [0.1, 0.15) is 46.5 Å². The molecule has 3 aromatic carbocycles. The van der Waals surface area contributed by atoms with E-state index in [2.05, 4.69) is 16.0 Å². The average Bonchev–Trinajstić information content (AvgIpc) is 2.99. The number of nitrogens with one attached hydrogen (secondary N) is 4. The quantitative estimate of drug-likeness (QED) is 0.105. The maximum atomic E-state index is 13.4. The second-order valence-corrected chi connectivity index (χ2v) is 9.69. The molecule has 0 spiro atoms. The number of amidine groups is 1. The molecule has 7 N–H and O–H groups in total. The van der Waals surface area contributed by atoms with Crippen LogP contribution in [0.3, 0.4) is 0 Å². The van der Waals surface area contributed by atoms with Crippen LogP contribution >= 0.6 is 0 Å². The van der Waals surface area contributed by atoms with Gasteiger partial charge in [0.2, 0.25) is 0 Å². The summed E-state index contributed by atoms with van der Waals surface area (Å²) in [5.41, 5.74) is 3.42. The summed E-state index contributed by atoms with van der Waals surface area (Å²) < 4.78 is 16.1. The number of hydrogen-bond donors (Lipinski definition) is 7. The Labute approximate surface area is 254 Å². The van der Waals surface area contributed by atoms with Crippen molar-refractivity contribution in [3.63, 3.8) is 0 Å². The number of anilines is 2. The SMILES string of the molecule is CCOC(=O)NC(=N)c1ccc(NC(=O)c2cc(C)ccc2NCc2cc(CO)cc(OC(C)CO)c2OCC(=O)O)cc1. The molecular weight excluding hydrogens is 572 g/mol. The summed E-state index contributed by atoms with van der Waals surface area (Å²) >= 11 is 0. The van der Waals surface area contributed by atoms with E-state index in [9.17, 15) is 29.7 Å². The molecule has 3 rings (SSSR count). The minimum absolute atomic E-state index is 0.0697. The first-order chi connectivity index (χ1) is 21.0. The summed E-state index contributed by atoms with van der Waals surface area (Å²) in [4.78, 5) is 36.2. The number of ether oxygens (including phenoxy) is 3. The molecule has 44 heavy (non-hydrogen) atoms. The third-order valence-electron chi connectivity index (χ3n) is 6.12. The predicted molar refractivity (Wildman–Crippen MR) is 163 cm³/mol. The number of aliphatic hydroxyl groups is 2. The number of aliphatic carboxylic acids is 1. The Hall–Kier alpha value is -5.14. The van der Waals surface area contributed by atoms with Gasteiger partial charge >= 0.3 is 12.1 Å². The van der Waals surface area contributed by atoms with E-state index in [0.717, 1.165) is 5.56 Å². The summed E-state index contributed by atoms with van der Waals surface area (Å²) in [5, 5.41) is 44.8. The summed E-state index contributed by atoms with van der Waals surface area (Å²) in [7, 11) is 0. The van der Waals surface area contributed by atoms with Crippen molar-refractivity contribution in [1.82, 2.24) is 5.32 Å². The Morgan fingerprint density at radius 3 is 2.39 bits per heavy atom. The van der Waals surface area contributed by atoms with Gasteiger partial charge < -0.3 is 40.2 Å². The third-order valence-corrected chi connectivity index (χ3v) is 6.12. The van der Waals surface area contributed by atoms with E-state index < -0.39 is 30.7 Å². The van der Waals surface area contributed by atoms with E-state index in [0.29, 0.717) is 33.6 Å². The van der Waals surface area contributed by atoms with Crippen molar-refractivity contribution >= 4 is 35.2 Å². The second-order valence-electron chi connectivity index (χ2n) is 9.69. The zero-order valence-corrected chi connectivity index (χ0v) is 24.6. The Morgan fingerprint density at radius 2 is 1.75 bits per heavy atom. The van der Waals surface area contributed by atoms with Crippen LogP contribution in [0, 0.1) is 12.3 Å². The van der Waals surface area contributed by atoms with Crippen molar-refractivity contribution in [2.45, 2.75) is 40.0 Å². The van der Waals surface area contributed by atoms with Crippen LogP contribution in [0.4, 0.5) is 16.2 Å². The van der Waals surface area contributed by atoms with E-state index in [4.69, 9.17) is 19.6 Å². The number of carboxylic acids is 1. The molecule has 0 fully saturated rings. The monoisotopic (exact) mass is 608 g/mol. The molecule has 0 aliphatic rings. The molecule has 3 aromatic rings. The van der Waals surface area contributed by atoms with Crippen molar-refractivity contribution in [2.24, 2.45) is 0 Å². The van der Waals surface area contributed by atoms with Gasteiger partial charge in [-0.3, -0.25) is 15.5 Å². The molecule has 0 saturated carbocycles. The fourth-order valence-corrected chi connectivity index (χ4v) is 4.04. The van der Waals surface area contributed by atoms with Crippen LogP contribution in [0.15, 0.2) is 54.6 Å². The van der Waals surface area contributed by atoms with Crippen LogP contribution in [0.2, 0.25) is 0 Å². The van der Waals surface area contributed by atoms with Gasteiger partial charge in [-0.15, -0.1) is 0 Å². The lowest BCUT2D eigenvalue weighted by Gasteiger charge is -2.21. The number of rotatable bonds is 14. The fourth-order valence-electron chi connectivity index (χ4n) is 4.04. The van der Waals surface area contributed by atoms with Gasteiger partial charge in [0, 0.05) is 29.0 Å². The van der Waals surface area contributed by atoms with Crippen LogP contribution < -0.4 is 25.4 Å². The minimum Gasteiger partial charge on any atom is -0.484 e. The van der Waals surface area contributed by atoms with Crippen molar-refractivity contribution in [3.05, 3.63) is 82.4 Å². The lowest BCUT2D eigenvalue weighted by molar-refractivity contribution is -0.139. The Bertz CT molecular complexity index is 1490. The highest BCUT2D eigenvalue weighted by molar-refractivity contribution is 6.09. The van der Waals surface area contributed by atoms with Gasteiger partial charge in [0.15, 0.2) is 18.1 Å². The summed E-state index contributed by atoms with van der Waals surface area (Å²) in [6.07, 6.45) is -1.36. The molecule has 234 valence electrons. The van der Waals surface area contributed by atoms with Crippen molar-refractivity contribution in [1.29, 1.82) is 5.41 Å². The van der Waals surface area contributed by atoms with Crippen molar-refractivity contribution in [3.8, 4) is 11.5 Å². The second kappa shape index (κ2) is 15.9. The summed E-state index contributed by atoms with van der Waals surface area (Å²) in [5.74, 6) is -1.49. The van der Waals surface area contributed by atoms with Crippen LogP contribution in [0.5, 0.6) is 11.5 Å². The number of aliphatic hydroxyl groups excluding tert-OH is 2. The highest BCUT2D eigenvalue weighted by atomic mass is 16.5. The molecule has 0 bridgehead atoms. The maximum Gasteiger partial charge on any atom is 0.412 e. The average molecular weight is 609 g/mol. The summed E-state index contributed by atoms with van der Waals surface area (Å²) in [6, 6.07) is 14.7. The highest BCUT2D eigenvalue weighted by Gasteiger charge is 2.19. The van der Waals surface area contributed by atoms with Gasteiger partial charge in [0.25, 0.3) is 5.91 Å². The largest absolute Gasteiger partial charge is 0.484 e. The molecule has 13 heteroatoms. The normalized spacial score (nSPS) is 11.2. The molecule has 0 radical (unpaired) electrons. The zero-order valence-electron chi connectivity index (χ0n) is 24.6. The Morgan fingerprint density at radius 1 is 1.02 bits per heavy atom. The molecular formula is C31H36N4O9. The van der Waals surface area contributed by atoms with Gasteiger partial charge in [-0.25, -0.2) is 9.59 Å². The number of hydrogen-bond acceptors (Lipinski definition) is 10. The first-order valence-electron chi connectivity index (χ1n) is 13.7. The van der Waals surface area contributed by atoms with Crippen molar-refractivity contribution < 1.29 is 43.9 Å². The Balaban J connectivity index is 1.83. The van der Waals surface area contributed by atoms with Gasteiger partial charge in [0.05, 0.1) is 25.4 Å². The molecule has 0 saturated heterocycles. The molecule has 0 aliphatic heterocycles. The molecule has 2 amide bonds. The number of aryl methyl sites for hydroxylation is 1. The van der Waals surface area contributed by atoms with Crippen LogP contribution in [0.25, 0.3) is 0 Å². The molecule has 1 atom stereocenters. The number of carbonyl (C=O) groups is 3. The van der Waals surface area contributed by atoms with Crippen LogP contribution in [-0.4, -0.2) is 65.0 Å². The number of amides is 2. The van der Waals surface area contributed by atoms with Gasteiger partial charge in [-0.2, -0.15) is 0 Å². The number of carboxylic acid groups (broad SMARTS) is 1. The number of benzene rings is 3. The van der Waals surface area contributed by atoms with Gasteiger partial charge in [-0.05, 0) is 74.9 Å². The van der Waals surface area contributed by atoms with Gasteiger partial charge in [0.1, 0.15) is 11.9 Å². The smallest absolute Gasteiger partial charge is 0.412 e. The molecule has 13 nitrogen and oxygen atoms in total. The topological polar surface area (TPSA) is 200 Å². The van der Waals surface area contributed by atoms with E-state index in [1.807, 2.05) is 13.0 Å². The molecule has 0 aliphatic carbocycles. The van der Waals surface area contributed by atoms with Crippen LogP contribution in [-0.2, 0) is 22.7 Å². The molecule has 1 unspecified atom stereocenters. The van der Waals surface area contributed by atoms with E-state index in [1.54, 1.807) is 56.3 Å². The standard InChI is InChI=1S/C31H36N4O9/c1-4-42-31(41)35-29(32)21-6-8-23(9-7-21)34-30(40)24-11-18(2)5-10-25(24)33-14-22-12-20(16-37)13-26(44-19(3)15-36)28(22)43-17-27(38)39/h5-13,19,33,36-37H,4,14-17H2,1-3H3,(H,34,40)(H,38,39)(H2,32,35,41). The minimum atomic E-state index is -1.20. The van der Waals surface area contributed by atoms with E-state index in [-0.39, 0.29) is 43.7 Å². The fraction of sp³-hybridized carbons (Fsp3) is 0.290. The lowest BCUT2D eigenvalue weighted by Crippen LogP contribution is -2.31. The first-order valence-corrected chi connectivity index (χ1v) is 13.7. The Kier molecular flexibility index (Phi) is 12.1. The number of alkyl carbamates (subject to hydrolysis) is 1. The predicted octanol–water partition coefficient (Wildman–Crippen LogP) is 3.65. The third kappa shape index (κ3) is 9.44. The maximum absolute atomic E-state index is 13.4. The molecule has 0 heterocycles. The van der Waals surface area contributed by atoms with Gasteiger partial charge in [-0.1, -0.05) is 11.6 Å². The summed E-state index contributed by atoms with van der Waals surface area (Å²) in [6.45, 7) is 4.09. The highest BCUT2D eigenvalue weighted by Crippen LogP contribution is 2.35. The van der Waals surface area contributed by atoms with E-state index >= 15 is 0 Å². The number of carbonyl (C=O) groups excluding carboxylic acids is 2.